The first kappa shape index (κ1) is 22.6. The van der Waals surface area contributed by atoms with E-state index < -0.39 is 11.8 Å². The van der Waals surface area contributed by atoms with Crippen molar-refractivity contribution in [1.82, 2.24) is 5.32 Å². The van der Waals surface area contributed by atoms with Gasteiger partial charge < -0.3 is 29.9 Å². The molecule has 1 atom stereocenters. The smallest absolute Gasteiger partial charge is 0.313 e. The van der Waals surface area contributed by atoms with Crippen LogP contribution in [-0.4, -0.2) is 65.9 Å². The van der Waals surface area contributed by atoms with Crippen molar-refractivity contribution in [3.8, 4) is 5.75 Å². The summed E-state index contributed by atoms with van der Waals surface area (Å²) in [5.41, 5.74) is 2.69. The SMILES string of the molecule is COc1ccccc1NC(=O)C(=O)NC[C@@H](c1ccc(N(C)C)cc1)[NH+]1CCOCC1. The molecule has 0 saturated carbocycles. The zero-order chi connectivity index (χ0) is 22.2. The first-order valence-electron chi connectivity index (χ1n) is 10.4. The van der Waals surface area contributed by atoms with Crippen molar-refractivity contribution in [1.29, 1.82) is 0 Å². The van der Waals surface area contributed by atoms with Gasteiger partial charge in [0.25, 0.3) is 0 Å². The fourth-order valence-electron chi connectivity index (χ4n) is 3.69. The van der Waals surface area contributed by atoms with Crippen molar-refractivity contribution in [3.05, 3.63) is 54.1 Å². The predicted octanol–water partition coefficient (Wildman–Crippen LogP) is 0.472. The number of carbonyl (C=O) groups excluding carboxylic acids is 2. The van der Waals surface area contributed by atoms with Gasteiger partial charge in [-0.3, -0.25) is 9.59 Å². The van der Waals surface area contributed by atoms with Gasteiger partial charge in [0.15, 0.2) is 0 Å². The number of hydrogen-bond acceptors (Lipinski definition) is 5. The molecule has 1 heterocycles. The van der Waals surface area contributed by atoms with Crippen LogP contribution in [0.4, 0.5) is 11.4 Å². The van der Waals surface area contributed by atoms with E-state index in [1.54, 1.807) is 24.3 Å². The number of nitrogens with zero attached hydrogens (tertiary/aromatic N) is 1. The molecule has 1 saturated heterocycles. The zero-order valence-electron chi connectivity index (χ0n) is 18.3. The number of rotatable bonds is 7. The molecule has 3 rings (SSSR count). The van der Waals surface area contributed by atoms with Gasteiger partial charge in [-0.2, -0.15) is 0 Å². The molecule has 0 bridgehead atoms. The zero-order valence-corrected chi connectivity index (χ0v) is 18.3. The number of nitrogens with one attached hydrogen (secondary N) is 3. The molecule has 0 spiro atoms. The fraction of sp³-hybridized carbons (Fsp3) is 0.391. The van der Waals surface area contributed by atoms with Crippen LogP contribution in [0.2, 0.25) is 0 Å². The summed E-state index contributed by atoms with van der Waals surface area (Å²) in [5.74, 6) is -0.892. The van der Waals surface area contributed by atoms with Gasteiger partial charge in [-0.1, -0.05) is 24.3 Å². The number of methoxy groups -OCH3 is 1. The lowest BCUT2D eigenvalue weighted by atomic mass is 10.0. The summed E-state index contributed by atoms with van der Waals surface area (Å²) < 4.78 is 10.7. The number of amides is 2. The summed E-state index contributed by atoms with van der Waals surface area (Å²) in [4.78, 5) is 28.3. The summed E-state index contributed by atoms with van der Waals surface area (Å²) in [7, 11) is 5.52. The average Bonchev–Trinajstić information content (AvgIpc) is 2.80. The van der Waals surface area contributed by atoms with E-state index in [0.29, 0.717) is 31.2 Å². The second-order valence-electron chi connectivity index (χ2n) is 7.67. The highest BCUT2D eigenvalue weighted by Gasteiger charge is 2.28. The normalized spacial score (nSPS) is 15.1. The minimum absolute atomic E-state index is 0.0307. The molecular formula is C23H31N4O4+. The van der Waals surface area contributed by atoms with Crippen LogP contribution in [0, 0.1) is 0 Å². The number of quaternary nitrogens is 1. The monoisotopic (exact) mass is 427 g/mol. The van der Waals surface area contributed by atoms with Crippen molar-refractivity contribution < 1.29 is 24.0 Å². The number of anilines is 2. The number of ether oxygens (including phenoxy) is 2. The number of benzene rings is 2. The minimum Gasteiger partial charge on any atom is -0.495 e. The molecule has 1 fully saturated rings. The first-order valence-corrected chi connectivity index (χ1v) is 10.4. The lowest BCUT2D eigenvalue weighted by Crippen LogP contribution is -3.15. The third-order valence-corrected chi connectivity index (χ3v) is 5.47. The fourth-order valence-corrected chi connectivity index (χ4v) is 3.69. The van der Waals surface area contributed by atoms with Gasteiger partial charge in [-0.25, -0.2) is 0 Å². The number of morpholine rings is 1. The van der Waals surface area contributed by atoms with Gasteiger partial charge in [-0.05, 0) is 24.3 Å². The van der Waals surface area contributed by atoms with Crippen LogP contribution >= 0.6 is 0 Å². The molecule has 0 unspecified atom stereocenters. The van der Waals surface area contributed by atoms with E-state index in [4.69, 9.17) is 9.47 Å². The van der Waals surface area contributed by atoms with Crippen molar-refractivity contribution in [2.75, 3.05) is 64.3 Å². The average molecular weight is 428 g/mol. The highest BCUT2D eigenvalue weighted by Crippen LogP contribution is 2.22. The Hall–Kier alpha value is -3.10. The van der Waals surface area contributed by atoms with Crippen LogP contribution in [0.15, 0.2) is 48.5 Å². The largest absolute Gasteiger partial charge is 0.495 e. The van der Waals surface area contributed by atoms with Crippen molar-refractivity contribution in [2.24, 2.45) is 0 Å². The molecule has 0 aromatic heterocycles. The Bertz CT molecular complexity index is 879. The molecule has 3 N–H and O–H groups in total. The summed E-state index contributed by atoms with van der Waals surface area (Å²) in [6.07, 6.45) is 0. The highest BCUT2D eigenvalue weighted by molar-refractivity contribution is 6.39. The second-order valence-corrected chi connectivity index (χ2v) is 7.67. The van der Waals surface area contributed by atoms with E-state index >= 15 is 0 Å². The van der Waals surface area contributed by atoms with E-state index in [-0.39, 0.29) is 6.04 Å². The minimum atomic E-state index is -0.719. The number of carbonyl (C=O) groups is 2. The lowest BCUT2D eigenvalue weighted by Gasteiger charge is -2.32. The van der Waals surface area contributed by atoms with Gasteiger partial charge >= 0.3 is 11.8 Å². The van der Waals surface area contributed by atoms with Crippen LogP contribution in [0.1, 0.15) is 11.6 Å². The third kappa shape index (κ3) is 5.96. The molecule has 2 aromatic rings. The molecule has 1 aliphatic heterocycles. The second kappa shape index (κ2) is 10.8. The molecule has 8 heteroatoms. The molecule has 0 radical (unpaired) electrons. The van der Waals surface area contributed by atoms with Crippen LogP contribution in [0.3, 0.4) is 0 Å². The molecule has 0 aliphatic carbocycles. The van der Waals surface area contributed by atoms with Crippen LogP contribution in [0.5, 0.6) is 5.75 Å². The van der Waals surface area contributed by atoms with Crippen LogP contribution in [-0.2, 0) is 14.3 Å². The Kier molecular flexibility index (Phi) is 7.86. The summed E-state index contributed by atoms with van der Waals surface area (Å²) >= 11 is 0. The number of para-hydroxylation sites is 2. The van der Waals surface area contributed by atoms with E-state index in [1.165, 1.54) is 12.0 Å². The van der Waals surface area contributed by atoms with E-state index in [2.05, 4.69) is 34.9 Å². The molecular weight excluding hydrogens is 396 g/mol. The molecule has 2 aromatic carbocycles. The van der Waals surface area contributed by atoms with Crippen LogP contribution in [0.25, 0.3) is 0 Å². The number of hydrogen-bond donors (Lipinski definition) is 3. The molecule has 8 nitrogen and oxygen atoms in total. The van der Waals surface area contributed by atoms with Crippen molar-refractivity contribution in [3.63, 3.8) is 0 Å². The van der Waals surface area contributed by atoms with Gasteiger partial charge in [0.05, 0.1) is 32.6 Å². The van der Waals surface area contributed by atoms with Gasteiger partial charge in [0.2, 0.25) is 0 Å². The van der Waals surface area contributed by atoms with Gasteiger partial charge in [0.1, 0.15) is 24.9 Å². The quantitative estimate of drug-likeness (QED) is 0.560. The predicted molar refractivity (Wildman–Crippen MR) is 120 cm³/mol. The Labute approximate surface area is 183 Å². The Morgan fingerprint density at radius 2 is 1.74 bits per heavy atom. The first-order chi connectivity index (χ1) is 15.0. The molecule has 1 aliphatic rings. The molecule has 2 amide bonds. The van der Waals surface area contributed by atoms with Crippen molar-refractivity contribution >= 4 is 23.2 Å². The summed E-state index contributed by atoms with van der Waals surface area (Å²) in [6.45, 7) is 3.43. The Balaban J connectivity index is 1.67. The highest BCUT2D eigenvalue weighted by atomic mass is 16.5. The van der Waals surface area contributed by atoms with Crippen LogP contribution < -0.4 is 25.2 Å². The van der Waals surface area contributed by atoms with E-state index in [0.717, 1.165) is 24.3 Å². The van der Waals surface area contributed by atoms with Gasteiger partial charge in [0, 0.05) is 25.3 Å². The van der Waals surface area contributed by atoms with Crippen molar-refractivity contribution in [2.45, 2.75) is 6.04 Å². The topological polar surface area (TPSA) is 84.3 Å². The third-order valence-electron chi connectivity index (χ3n) is 5.47. The summed E-state index contributed by atoms with van der Waals surface area (Å²) in [6, 6.07) is 15.3. The standard InChI is InChI=1S/C23H30N4O4/c1-26(2)18-10-8-17(9-11-18)20(27-12-14-31-15-13-27)16-24-22(28)23(29)25-19-6-4-5-7-21(19)30-3/h4-11,20H,12-16H2,1-3H3,(H,24,28)(H,25,29)/p+1/t20-/m0/s1. The van der Waals surface area contributed by atoms with E-state index in [1.807, 2.05) is 19.0 Å². The van der Waals surface area contributed by atoms with E-state index in [9.17, 15) is 9.59 Å². The molecule has 166 valence electrons. The van der Waals surface area contributed by atoms with Gasteiger partial charge in [-0.15, -0.1) is 0 Å². The Morgan fingerprint density at radius 1 is 1.06 bits per heavy atom. The lowest BCUT2D eigenvalue weighted by molar-refractivity contribution is -0.937. The molecule has 31 heavy (non-hydrogen) atoms. The Morgan fingerprint density at radius 3 is 2.39 bits per heavy atom. The summed E-state index contributed by atoms with van der Waals surface area (Å²) in [5, 5.41) is 5.43. The maximum atomic E-state index is 12.5. The maximum Gasteiger partial charge on any atom is 0.313 e. The maximum absolute atomic E-state index is 12.5.